The molecule has 2 heterocycles. The topological polar surface area (TPSA) is 90.9 Å². The van der Waals surface area contributed by atoms with E-state index >= 15 is 0 Å². The summed E-state index contributed by atoms with van der Waals surface area (Å²) < 4.78 is 14.0. The van der Waals surface area contributed by atoms with E-state index in [1.807, 2.05) is 0 Å². The highest BCUT2D eigenvalue weighted by Crippen LogP contribution is 2.27. The van der Waals surface area contributed by atoms with E-state index in [1.165, 1.54) is 6.20 Å². The Morgan fingerprint density at radius 2 is 2.04 bits per heavy atom. The van der Waals surface area contributed by atoms with Gasteiger partial charge in [-0.2, -0.15) is 9.49 Å². The molecule has 3 N–H and O–H groups in total. The number of fused-ring (bicyclic) bond motifs is 1. The molecule has 1 saturated carbocycles. The number of aliphatic hydroxyl groups excluding tert-OH is 1. The lowest BCUT2D eigenvalue weighted by Crippen LogP contribution is -2.38. The number of rotatable bonds is 3. The van der Waals surface area contributed by atoms with Crippen molar-refractivity contribution in [3.63, 3.8) is 0 Å². The maximum Gasteiger partial charge on any atom is 0.272 e. The molecule has 1 aromatic carbocycles. The van der Waals surface area contributed by atoms with Gasteiger partial charge in [-0.05, 0) is 55.5 Å². The molecule has 26 heavy (non-hydrogen) atoms. The Kier molecular flexibility index (Phi) is 4.38. The maximum absolute atomic E-state index is 14.0. The number of amides is 1. The van der Waals surface area contributed by atoms with Gasteiger partial charge in [0.05, 0.1) is 11.6 Å². The number of H-pyrrole nitrogens is 1. The molecule has 0 spiro atoms. The normalized spacial score (nSPS) is 20.2. The maximum atomic E-state index is 14.0. The van der Waals surface area contributed by atoms with Crippen molar-refractivity contribution in [3.8, 4) is 11.1 Å². The zero-order chi connectivity index (χ0) is 18.1. The minimum Gasteiger partial charge on any atom is -0.393 e. The van der Waals surface area contributed by atoms with Gasteiger partial charge in [-0.1, -0.05) is 6.07 Å². The van der Waals surface area contributed by atoms with E-state index in [9.17, 15) is 14.3 Å². The zero-order valence-corrected chi connectivity index (χ0v) is 14.1. The summed E-state index contributed by atoms with van der Waals surface area (Å²) in [5.74, 6) is -0.816. The average Bonchev–Trinajstić information content (AvgIpc) is 3.07. The smallest absolute Gasteiger partial charge is 0.272 e. The number of halogens is 1. The molecule has 0 radical (unpaired) electrons. The van der Waals surface area contributed by atoms with E-state index < -0.39 is 5.95 Å². The minimum absolute atomic E-state index is 0.0385. The monoisotopic (exact) mass is 354 g/mol. The molecule has 6 nitrogen and oxygen atoms in total. The molecule has 1 aliphatic carbocycles. The van der Waals surface area contributed by atoms with Gasteiger partial charge in [0.15, 0.2) is 5.69 Å². The number of pyridine rings is 1. The van der Waals surface area contributed by atoms with Crippen LogP contribution in [0.2, 0.25) is 0 Å². The summed E-state index contributed by atoms with van der Waals surface area (Å²) >= 11 is 0. The fraction of sp³-hybridized carbons (Fsp3) is 0.316. The molecule has 134 valence electrons. The average molecular weight is 354 g/mol. The molecule has 0 saturated heterocycles. The highest BCUT2D eigenvalue weighted by molar-refractivity contribution is 6.05. The van der Waals surface area contributed by atoms with Crippen molar-refractivity contribution in [2.45, 2.75) is 37.8 Å². The van der Waals surface area contributed by atoms with Crippen LogP contribution in [0.15, 0.2) is 36.5 Å². The summed E-state index contributed by atoms with van der Waals surface area (Å²) in [6, 6.07) is 8.65. The molecule has 7 heteroatoms. The summed E-state index contributed by atoms with van der Waals surface area (Å²) in [6.07, 6.45) is 4.01. The highest BCUT2D eigenvalue weighted by Gasteiger charge is 2.23. The Morgan fingerprint density at radius 1 is 1.23 bits per heavy atom. The van der Waals surface area contributed by atoms with Crippen LogP contribution in [-0.4, -0.2) is 38.3 Å². The fourth-order valence-electron chi connectivity index (χ4n) is 3.43. The minimum atomic E-state index is -0.554. The summed E-state index contributed by atoms with van der Waals surface area (Å²) in [4.78, 5) is 16.3. The van der Waals surface area contributed by atoms with Crippen molar-refractivity contribution in [1.29, 1.82) is 0 Å². The van der Waals surface area contributed by atoms with Crippen LogP contribution in [0.3, 0.4) is 0 Å². The van der Waals surface area contributed by atoms with Crippen molar-refractivity contribution >= 4 is 16.8 Å². The number of hydrogen-bond donors (Lipinski definition) is 3. The van der Waals surface area contributed by atoms with Crippen molar-refractivity contribution in [2.24, 2.45) is 0 Å². The van der Waals surface area contributed by atoms with E-state index in [-0.39, 0.29) is 23.7 Å². The van der Waals surface area contributed by atoms with Crippen LogP contribution in [0.25, 0.3) is 22.0 Å². The number of nitrogens with one attached hydrogen (secondary N) is 2. The number of aliphatic hydroxyl groups is 1. The van der Waals surface area contributed by atoms with Gasteiger partial charge in [-0.25, -0.2) is 4.98 Å². The van der Waals surface area contributed by atoms with E-state index in [0.29, 0.717) is 34.9 Å². The second-order valence-corrected chi connectivity index (χ2v) is 6.65. The van der Waals surface area contributed by atoms with Gasteiger partial charge in [-0.3, -0.25) is 9.89 Å². The first-order chi connectivity index (χ1) is 12.6. The highest BCUT2D eigenvalue weighted by atomic mass is 19.1. The van der Waals surface area contributed by atoms with Crippen LogP contribution in [0.4, 0.5) is 4.39 Å². The first-order valence-electron chi connectivity index (χ1n) is 8.70. The molecule has 0 atom stereocenters. The molecule has 1 fully saturated rings. The molecule has 4 rings (SSSR count). The van der Waals surface area contributed by atoms with Gasteiger partial charge >= 0.3 is 0 Å². The Labute approximate surface area is 149 Å². The van der Waals surface area contributed by atoms with Crippen LogP contribution in [0.5, 0.6) is 0 Å². The van der Waals surface area contributed by atoms with E-state index in [2.05, 4.69) is 20.5 Å². The third-order valence-electron chi connectivity index (χ3n) is 4.88. The van der Waals surface area contributed by atoms with Crippen LogP contribution in [0, 0.1) is 5.95 Å². The zero-order valence-electron chi connectivity index (χ0n) is 14.1. The van der Waals surface area contributed by atoms with Crippen LogP contribution in [0.1, 0.15) is 36.2 Å². The van der Waals surface area contributed by atoms with E-state index in [4.69, 9.17) is 0 Å². The number of carbonyl (C=O) groups excluding carboxylic acids is 1. The van der Waals surface area contributed by atoms with Gasteiger partial charge in [-0.15, -0.1) is 0 Å². The second-order valence-electron chi connectivity index (χ2n) is 6.65. The Balaban J connectivity index is 1.62. The van der Waals surface area contributed by atoms with Crippen molar-refractivity contribution in [3.05, 3.63) is 48.2 Å². The van der Waals surface area contributed by atoms with Crippen molar-refractivity contribution < 1.29 is 14.3 Å². The van der Waals surface area contributed by atoms with E-state index in [0.717, 1.165) is 12.8 Å². The van der Waals surface area contributed by atoms with Gasteiger partial charge in [0.1, 0.15) is 0 Å². The largest absolute Gasteiger partial charge is 0.393 e. The molecule has 1 amide bonds. The molecule has 0 bridgehead atoms. The van der Waals surface area contributed by atoms with Crippen molar-refractivity contribution in [1.82, 2.24) is 20.5 Å². The molecule has 3 aromatic rings. The lowest BCUT2D eigenvalue weighted by atomic mass is 9.93. The number of aromatic nitrogens is 3. The SMILES string of the molecule is O=C(NC1CCC(O)CC1)c1n[nH]c2ccc(-c3cccnc3F)cc12. The third-order valence-corrected chi connectivity index (χ3v) is 4.88. The van der Waals surface area contributed by atoms with Gasteiger partial charge in [0.2, 0.25) is 5.95 Å². The first-order valence-corrected chi connectivity index (χ1v) is 8.70. The van der Waals surface area contributed by atoms with Gasteiger partial charge in [0.25, 0.3) is 5.91 Å². The predicted octanol–water partition coefficient (Wildman–Crippen LogP) is 2.80. The predicted molar refractivity (Wildman–Crippen MR) is 95.0 cm³/mol. The van der Waals surface area contributed by atoms with E-state index in [1.54, 1.807) is 30.3 Å². The first kappa shape index (κ1) is 16.7. The molecular weight excluding hydrogens is 335 g/mol. The lowest BCUT2D eigenvalue weighted by Gasteiger charge is -2.25. The Bertz CT molecular complexity index is 948. The number of carbonyl (C=O) groups is 1. The lowest BCUT2D eigenvalue weighted by molar-refractivity contribution is 0.0864. The second kappa shape index (κ2) is 6.84. The standard InChI is InChI=1S/C19H19FN4O2/c20-18-14(2-1-9-21-18)11-3-8-16-15(10-11)17(24-23-16)19(26)22-12-4-6-13(25)7-5-12/h1-3,8-10,12-13,25H,4-7H2,(H,22,26)(H,23,24). The number of aromatic amines is 1. The summed E-state index contributed by atoms with van der Waals surface area (Å²) in [5, 5.41) is 20.2. The fourth-order valence-corrected chi connectivity index (χ4v) is 3.43. The number of benzene rings is 1. The van der Waals surface area contributed by atoms with Gasteiger partial charge in [0, 0.05) is 23.2 Å². The van der Waals surface area contributed by atoms with Crippen LogP contribution in [-0.2, 0) is 0 Å². The molecule has 0 unspecified atom stereocenters. The molecule has 1 aliphatic rings. The van der Waals surface area contributed by atoms with Gasteiger partial charge < -0.3 is 10.4 Å². The Hall–Kier alpha value is -2.80. The van der Waals surface area contributed by atoms with Crippen LogP contribution >= 0.6 is 0 Å². The Morgan fingerprint density at radius 3 is 2.81 bits per heavy atom. The quantitative estimate of drug-likeness (QED) is 0.631. The third kappa shape index (κ3) is 3.17. The molecule has 2 aromatic heterocycles. The number of hydrogen-bond acceptors (Lipinski definition) is 4. The number of nitrogens with zero attached hydrogens (tertiary/aromatic N) is 2. The summed E-state index contributed by atoms with van der Waals surface area (Å²) in [6.45, 7) is 0. The molecular formula is C19H19FN4O2. The van der Waals surface area contributed by atoms with Crippen molar-refractivity contribution in [2.75, 3.05) is 0 Å². The van der Waals surface area contributed by atoms with Crippen LogP contribution < -0.4 is 5.32 Å². The summed E-state index contributed by atoms with van der Waals surface area (Å²) in [7, 11) is 0. The molecule has 0 aliphatic heterocycles. The summed E-state index contributed by atoms with van der Waals surface area (Å²) in [5.41, 5.74) is 2.02.